The lowest BCUT2D eigenvalue weighted by molar-refractivity contribution is -0.132. The summed E-state index contributed by atoms with van der Waals surface area (Å²) in [5, 5.41) is 0. The lowest BCUT2D eigenvalue weighted by atomic mass is 10.0. The van der Waals surface area contributed by atoms with Gasteiger partial charge in [0.05, 0.1) is 0 Å². The second kappa shape index (κ2) is 2.75. The van der Waals surface area contributed by atoms with Gasteiger partial charge in [0.1, 0.15) is 0 Å². The normalized spacial score (nSPS) is 34.9. The molecule has 12 heavy (non-hydrogen) atoms. The van der Waals surface area contributed by atoms with E-state index in [9.17, 15) is 4.79 Å². The Hall–Kier alpha value is -0.530. The van der Waals surface area contributed by atoms with Crippen LogP contribution in [0.25, 0.3) is 0 Å². The molecule has 2 rings (SSSR count). The second-order valence-corrected chi connectivity index (χ2v) is 4.38. The second-order valence-electron chi connectivity index (χ2n) is 4.38. The molecule has 2 nitrogen and oxygen atoms in total. The number of nitrogens with zero attached hydrogens (tertiary/aromatic N) is 1. The van der Waals surface area contributed by atoms with Crippen LogP contribution in [0.15, 0.2) is 0 Å². The molecule has 1 aliphatic carbocycles. The number of carbonyl (C=O) groups is 1. The molecule has 2 aliphatic rings. The summed E-state index contributed by atoms with van der Waals surface area (Å²) in [5.74, 6) is 1.51. The van der Waals surface area contributed by atoms with Crippen LogP contribution in [-0.4, -0.2) is 23.4 Å². The Morgan fingerprint density at radius 2 is 2.17 bits per heavy atom. The molecular weight excluding hydrogens is 150 g/mol. The molecule has 1 aliphatic heterocycles. The van der Waals surface area contributed by atoms with E-state index in [1.807, 2.05) is 0 Å². The first kappa shape index (κ1) is 8.09. The van der Waals surface area contributed by atoms with Crippen molar-refractivity contribution in [2.24, 2.45) is 11.8 Å². The van der Waals surface area contributed by atoms with Gasteiger partial charge in [-0.15, -0.1) is 0 Å². The molecule has 0 aromatic carbocycles. The van der Waals surface area contributed by atoms with Crippen molar-refractivity contribution >= 4 is 5.91 Å². The van der Waals surface area contributed by atoms with Gasteiger partial charge in [0, 0.05) is 18.5 Å². The Balaban J connectivity index is 2.11. The van der Waals surface area contributed by atoms with E-state index in [2.05, 4.69) is 18.7 Å². The smallest absolute Gasteiger partial charge is 0.226 e. The van der Waals surface area contributed by atoms with Crippen molar-refractivity contribution in [1.82, 2.24) is 4.90 Å². The number of amides is 1. The Labute approximate surface area is 73.9 Å². The minimum absolute atomic E-state index is 0.396. The van der Waals surface area contributed by atoms with Crippen molar-refractivity contribution in [3.05, 3.63) is 0 Å². The Kier molecular flexibility index (Phi) is 1.85. The van der Waals surface area contributed by atoms with Gasteiger partial charge in [0.2, 0.25) is 5.91 Å². The number of likely N-dealkylation sites (tertiary alicyclic amines) is 1. The molecule has 0 bridgehead atoms. The summed E-state index contributed by atoms with van der Waals surface area (Å²) in [7, 11) is 0. The molecule has 0 spiro atoms. The lowest BCUT2D eigenvalue weighted by Crippen LogP contribution is -2.33. The molecule has 0 radical (unpaired) electrons. The van der Waals surface area contributed by atoms with Crippen LogP contribution < -0.4 is 0 Å². The number of fused-ring (bicyclic) bond motifs is 1. The van der Waals surface area contributed by atoms with Crippen LogP contribution in [-0.2, 0) is 4.79 Å². The summed E-state index contributed by atoms with van der Waals surface area (Å²) < 4.78 is 0. The molecule has 1 amide bonds. The van der Waals surface area contributed by atoms with E-state index in [-0.39, 0.29) is 0 Å². The summed E-state index contributed by atoms with van der Waals surface area (Å²) in [6.07, 6.45) is 3.69. The molecule has 1 saturated carbocycles. The SMILES string of the molecule is CC(C)N1CC2CCCC2C1=O. The highest BCUT2D eigenvalue weighted by atomic mass is 16.2. The molecule has 68 valence electrons. The van der Waals surface area contributed by atoms with Gasteiger partial charge in [-0.05, 0) is 32.6 Å². The molecule has 0 N–H and O–H groups in total. The van der Waals surface area contributed by atoms with E-state index in [1.54, 1.807) is 0 Å². The maximum atomic E-state index is 11.8. The maximum absolute atomic E-state index is 11.8. The largest absolute Gasteiger partial charge is 0.340 e. The van der Waals surface area contributed by atoms with Crippen molar-refractivity contribution in [1.29, 1.82) is 0 Å². The first-order valence-corrected chi connectivity index (χ1v) is 5.00. The fourth-order valence-corrected chi connectivity index (χ4v) is 2.60. The summed E-state index contributed by atoms with van der Waals surface area (Å²) in [5.41, 5.74) is 0. The third-order valence-electron chi connectivity index (χ3n) is 3.31. The van der Waals surface area contributed by atoms with Crippen molar-refractivity contribution in [2.75, 3.05) is 6.54 Å². The molecular formula is C10H17NO. The monoisotopic (exact) mass is 167 g/mol. The van der Waals surface area contributed by atoms with Crippen LogP contribution >= 0.6 is 0 Å². The Morgan fingerprint density at radius 3 is 2.75 bits per heavy atom. The molecule has 2 heteroatoms. The zero-order chi connectivity index (χ0) is 8.72. The van der Waals surface area contributed by atoms with Gasteiger partial charge in [-0.2, -0.15) is 0 Å². The molecule has 2 fully saturated rings. The predicted octanol–water partition coefficient (Wildman–Crippen LogP) is 1.65. The van der Waals surface area contributed by atoms with Gasteiger partial charge in [-0.25, -0.2) is 0 Å². The molecule has 1 heterocycles. The molecule has 2 atom stereocenters. The molecule has 1 saturated heterocycles. The van der Waals surface area contributed by atoms with E-state index in [0.717, 1.165) is 13.0 Å². The van der Waals surface area contributed by atoms with Gasteiger partial charge in [0.25, 0.3) is 0 Å². The highest BCUT2D eigenvalue weighted by Crippen LogP contribution is 2.39. The van der Waals surface area contributed by atoms with Crippen LogP contribution in [0.4, 0.5) is 0 Å². The number of rotatable bonds is 1. The van der Waals surface area contributed by atoms with E-state index < -0.39 is 0 Å². The summed E-state index contributed by atoms with van der Waals surface area (Å²) in [4.78, 5) is 13.8. The lowest BCUT2D eigenvalue weighted by Gasteiger charge is -2.21. The number of hydrogen-bond donors (Lipinski definition) is 0. The first-order valence-electron chi connectivity index (χ1n) is 5.00. The minimum atomic E-state index is 0.396. The van der Waals surface area contributed by atoms with Crippen molar-refractivity contribution in [2.45, 2.75) is 39.2 Å². The van der Waals surface area contributed by atoms with Gasteiger partial charge < -0.3 is 4.90 Å². The standard InChI is InChI=1S/C10H17NO/c1-7(2)11-6-8-4-3-5-9(8)10(11)12/h7-9H,3-6H2,1-2H3. The third-order valence-corrected chi connectivity index (χ3v) is 3.31. The highest BCUT2D eigenvalue weighted by molar-refractivity contribution is 5.82. The summed E-state index contributed by atoms with van der Waals surface area (Å²) in [6, 6.07) is 0.406. The maximum Gasteiger partial charge on any atom is 0.226 e. The summed E-state index contributed by atoms with van der Waals surface area (Å²) >= 11 is 0. The number of carbonyl (C=O) groups excluding carboxylic acids is 1. The van der Waals surface area contributed by atoms with Gasteiger partial charge >= 0.3 is 0 Å². The zero-order valence-electron chi connectivity index (χ0n) is 7.92. The highest BCUT2D eigenvalue weighted by Gasteiger charge is 2.43. The van der Waals surface area contributed by atoms with Crippen LogP contribution in [0.2, 0.25) is 0 Å². The predicted molar refractivity (Wildman–Crippen MR) is 47.7 cm³/mol. The molecule has 2 unspecified atom stereocenters. The van der Waals surface area contributed by atoms with Crippen LogP contribution in [0.1, 0.15) is 33.1 Å². The van der Waals surface area contributed by atoms with Gasteiger partial charge in [-0.1, -0.05) is 6.42 Å². The Morgan fingerprint density at radius 1 is 1.42 bits per heavy atom. The topological polar surface area (TPSA) is 20.3 Å². The van der Waals surface area contributed by atoms with Gasteiger partial charge in [-0.3, -0.25) is 4.79 Å². The van der Waals surface area contributed by atoms with Crippen LogP contribution in [0.5, 0.6) is 0 Å². The van der Waals surface area contributed by atoms with Crippen molar-refractivity contribution < 1.29 is 4.79 Å². The minimum Gasteiger partial charge on any atom is -0.340 e. The quantitative estimate of drug-likeness (QED) is 0.581. The van der Waals surface area contributed by atoms with E-state index in [0.29, 0.717) is 23.8 Å². The van der Waals surface area contributed by atoms with Crippen molar-refractivity contribution in [3.63, 3.8) is 0 Å². The van der Waals surface area contributed by atoms with Gasteiger partial charge in [0.15, 0.2) is 0 Å². The summed E-state index contributed by atoms with van der Waals surface area (Å²) in [6.45, 7) is 5.25. The average Bonchev–Trinajstić information content (AvgIpc) is 2.53. The molecule has 0 aromatic heterocycles. The Bertz CT molecular complexity index is 200. The average molecular weight is 167 g/mol. The van der Waals surface area contributed by atoms with Crippen molar-refractivity contribution in [3.8, 4) is 0 Å². The van der Waals surface area contributed by atoms with Crippen LogP contribution in [0, 0.1) is 11.8 Å². The van der Waals surface area contributed by atoms with E-state index in [1.165, 1.54) is 12.8 Å². The fourth-order valence-electron chi connectivity index (χ4n) is 2.60. The van der Waals surface area contributed by atoms with E-state index >= 15 is 0 Å². The fraction of sp³-hybridized carbons (Fsp3) is 0.900. The zero-order valence-corrected chi connectivity index (χ0v) is 7.92. The number of hydrogen-bond acceptors (Lipinski definition) is 1. The van der Waals surface area contributed by atoms with Crippen LogP contribution in [0.3, 0.4) is 0 Å². The first-order chi connectivity index (χ1) is 5.70. The molecule has 0 aromatic rings. The third kappa shape index (κ3) is 1.05. The van der Waals surface area contributed by atoms with E-state index in [4.69, 9.17) is 0 Å².